The van der Waals surface area contributed by atoms with Gasteiger partial charge in [-0.15, -0.1) is 0 Å². The van der Waals surface area contributed by atoms with E-state index in [0.717, 1.165) is 6.92 Å². The number of hydrogen-bond donors (Lipinski definition) is 5. The Morgan fingerprint density at radius 1 is 1.18 bits per heavy atom. The number of carbonyl (C=O) groups is 3. The van der Waals surface area contributed by atoms with Gasteiger partial charge in [-0.2, -0.15) is 0 Å². The summed E-state index contributed by atoms with van der Waals surface area (Å²) in [4.78, 5) is 36.3. The first-order valence-corrected chi connectivity index (χ1v) is 11.8. The molecule has 13 heteroatoms. The van der Waals surface area contributed by atoms with Crippen molar-refractivity contribution < 1.29 is 73.8 Å². The summed E-state index contributed by atoms with van der Waals surface area (Å²) in [7, 11) is 0. The minimum Gasteiger partial charge on any atom is -0.544 e. The van der Waals surface area contributed by atoms with Gasteiger partial charge in [0.15, 0.2) is 0 Å². The number of rotatable bonds is 10. The zero-order chi connectivity index (χ0) is 27.2. The largest absolute Gasteiger partial charge is 1.00 e. The zero-order valence-electron chi connectivity index (χ0n) is 20.9. The number of amides is 2. The minimum absolute atomic E-state index is 0. The molecule has 0 bridgehead atoms. The Morgan fingerprint density at radius 3 is 2.47 bits per heavy atom. The molecule has 5 N–H and O–H groups in total. The summed E-state index contributed by atoms with van der Waals surface area (Å²) in [6.45, 7) is 0.455. The molecule has 3 rings (SSSR count). The molecule has 1 aliphatic heterocycles. The third-order valence-corrected chi connectivity index (χ3v) is 6.09. The van der Waals surface area contributed by atoms with Crippen LogP contribution in [0.3, 0.4) is 0 Å². The molecule has 1 saturated heterocycles. The van der Waals surface area contributed by atoms with E-state index in [1.165, 1.54) is 12.1 Å². The molecule has 1 heterocycles. The van der Waals surface area contributed by atoms with Crippen molar-refractivity contribution in [1.29, 1.82) is 0 Å². The average Bonchev–Trinajstić information content (AvgIpc) is 2.87. The molecular formula is C25H28ClN2NaO9. The first-order valence-electron chi connectivity index (χ1n) is 11.4. The van der Waals surface area contributed by atoms with E-state index in [9.17, 15) is 34.8 Å². The molecule has 0 aliphatic carbocycles. The van der Waals surface area contributed by atoms with E-state index in [1.54, 1.807) is 42.5 Å². The summed E-state index contributed by atoms with van der Waals surface area (Å²) in [6, 6.07) is 13.3. The van der Waals surface area contributed by atoms with Crippen LogP contribution in [0.5, 0.6) is 0 Å². The van der Waals surface area contributed by atoms with Crippen molar-refractivity contribution in [2.24, 2.45) is 0 Å². The van der Waals surface area contributed by atoms with Crippen LogP contribution in [0.25, 0.3) is 0 Å². The maximum atomic E-state index is 12.4. The Bertz CT molecular complexity index is 1110. The van der Waals surface area contributed by atoms with Crippen LogP contribution in [0.1, 0.15) is 29.3 Å². The summed E-state index contributed by atoms with van der Waals surface area (Å²) in [5.41, 5.74) is 0.811. The quantitative estimate of drug-likeness (QED) is 0.182. The van der Waals surface area contributed by atoms with Gasteiger partial charge in [0.2, 0.25) is 11.7 Å². The van der Waals surface area contributed by atoms with Gasteiger partial charge >= 0.3 is 29.6 Å². The third-order valence-electron chi connectivity index (χ3n) is 5.86. The van der Waals surface area contributed by atoms with E-state index in [2.05, 4.69) is 10.6 Å². The maximum Gasteiger partial charge on any atom is 1.00 e. The number of carboxylic acid groups (broad SMARTS) is 1. The smallest absolute Gasteiger partial charge is 0.544 e. The van der Waals surface area contributed by atoms with Gasteiger partial charge in [-0.05, 0) is 23.8 Å². The van der Waals surface area contributed by atoms with Crippen molar-refractivity contribution in [3.05, 3.63) is 70.7 Å². The summed E-state index contributed by atoms with van der Waals surface area (Å²) >= 11 is 5.88. The van der Waals surface area contributed by atoms with Crippen molar-refractivity contribution in [3.8, 4) is 0 Å². The van der Waals surface area contributed by atoms with Crippen LogP contribution < -0.4 is 45.3 Å². The number of nitrogens with one attached hydrogen (secondary N) is 2. The number of aliphatic hydroxyl groups excluding tert-OH is 3. The predicted octanol–water partition coefficient (Wildman–Crippen LogP) is -3.89. The number of aliphatic carboxylic acids is 1. The van der Waals surface area contributed by atoms with Crippen LogP contribution >= 0.6 is 11.6 Å². The van der Waals surface area contributed by atoms with Gasteiger partial charge in [0, 0.05) is 30.5 Å². The van der Waals surface area contributed by atoms with Gasteiger partial charge in [-0.3, -0.25) is 9.59 Å². The molecule has 0 aromatic heterocycles. The molecule has 1 fully saturated rings. The molecule has 0 spiro atoms. The average molecular weight is 559 g/mol. The van der Waals surface area contributed by atoms with Gasteiger partial charge in [-0.1, -0.05) is 48.0 Å². The number of ether oxygens (including phenoxy) is 2. The summed E-state index contributed by atoms with van der Waals surface area (Å²) in [5.74, 6) is -5.50. The summed E-state index contributed by atoms with van der Waals surface area (Å²) in [6.07, 6.45) is -7.40. The number of hydrogen-bond acceptors (Lipinski definition) is 9. The maximum absolute atomic E-state index is 12.4. The second-order valence-electron chi connectivity index (χ2n) is 8.67. The van der Waals surface area contributed by atoms with E-state index in [1.807, 2.05) is 0 Å². The van der Waals surface area contributed by atoms with Gasteiger partial charge in [0.05, 0.1) is 24.9 Å². The zero-order valence-corrected chi connectivity index (χ0v) is 23.6. The van der Waals surface area contributed by atoms with Crippen LogP contribution in [-0.4, -0.2) is 75.9 Å². The second-order valence-corrected chi connectivity index (χ2v) is 9.11. The van der Waals surface area contributed by atoms with Gasteiger partial charge in [-0.25, -0.2) is 0 Å². The van der Waals surface area contributed by atoms with Crippen molar-refractivity contribution in [3.63, 3.8) is 0 Å². The Morgan fingerprint density at radius 2 is 1.87 bits per heavy atom. The number of aliphatic hydroxyl groups is 3. The summed E-state index contributed by atoms with van der Waals surface area (Å²) in [5, 5.41) is 49.6. The minimum atomic E-state index is -2.50. The number of halogens is 1. The molecule has 6 atom stereocenters. The van der Waals surface area contributed by atoms with Crippen LogP contribution in [0.2, 0.25) is 5.02 Å². The fourth-order valence-corrected chi connectivity index (χ4v) is 4.17. The Hall–Kier alpha value is -2.06. The van der Waals surface area contributed by atoms with Crippen LogP contribution in [0.4, 0.5) is 0 Å². The van der Waals surface area contributed by atoms with Gasteiger partial charge < -0.3 is 45.3 Å². The van der Waals surface area contributed by atoms with Crippen molar-refractivity contribution >= 4 is 29.4 Å². The summed E-state index contributed by atoms with van der Waals surface area (Å²) < 4.78 is 11.2. The van der Waals surface area contributed by atoms with Crippen molar-refractivity contribution in [2.75, 3.05) is 6.54 Å². The Kier molecular flexibility index (Phi) is 12.2. The van der Waals surface area contributed by atoms with E-state index >= 15 is 0 Å². The first-order chi connectivity index (χ1) is 17.5. The first kappa shape index (κ1) is 32.2. The molecule has 2 amide bonds. The van der Waals surface area contributed by atoms with Crippen LogP contribution in [-0.2, 0) is 25.7 Å². The molecule has 11 nitrogen and oxygen atoms in total. The van der Waals surface area contributed by atoms with Gasteiger partial charge in [0.1, 0.15) is 18.2 Å². The molecule has 2 aromatic carbocycles. The monoisotopic (exact) mass is 558 g/mol. The number of carbonyl (C=O) groups excluding carboxylic acids is 3. The molecule has 200 valence electrons. The number of carboxylic acids is 1. The third kappa shape index (κ3) is 8.22. The van der Waals surface area contributed by atoms with Crippen molar-refractivity contribution in [1.82, 2.24) is 10.6 Å². The van der Waals surface area contributed by atoms with Crippen molar-refractivity contribution in [2.45, 2.75) is 56.2 Å². The van der Waals surface area contributed by atoms with E-state index < -0.39 is 67.0 Å². The molecule has 0 radical (unpaired) electrons. The molecule has 0 unspecified atom stereocenters. The topological polar surface area (TPSA) is 177 Å². The fourth-order valence-electron chi connectivity index (χ4n) is 3.98. The van der Waals surface area contributed by atoms with Crippen LogP contribution in [0.15, 0.2) is 54.6 Å². The standard InChI is InChI=1S/C25H29ClN2O9.Na/c1-14(29)28-20-18(30)11-25(24(34)35,36-13-15-6-3-2-4-7-15)37-22(20)21(32)19(31)12-27-23(33)16-8-5-9-17(26)10-16;/h2-10,18-22,30-32H,11-13H2,1H3,(H,27,33)(H,28,29)(H,34,35);/q;+1/p-1/t18-,19+,20+,21-,22+,25+;/m0./s1. The Balaban J connectivity index is 0.00000507. The SMILES string of the molecule is CC(=O)N[C@H]1[C@H]([C@@H](O)[C@H](O)CNC(=O)c2cccc(Cl)c2)O[C@@](OCc2ccccc2)(C(=O)[O-])C[C@@H]1O.[Na+]. The fraction of sp³-hybridized carbons (Fsp3) is 0.400. The van der Waals surface area contributed by atoms with E-state index in [4.69, 9.17) is 21.1 Å². The molecule has 38 heavy (non-hydrogen) atoms. The molecule has 0 saturated carbocycles. The number of benzene rings is 2. The molecular weight excluding hydrogens is 531 g/mol. The molecule has 1 aliphatic rings. The van der Waals surface area contributed by atoms with Crippen LogP contribution in [0, 0.1) is 0 Å². The van der Waals surface area contributed by atoms with Gasteiger partial charge in [0.25, 0.3) is 5.91 Å². The second kappa shape index (κ2) is 14.4. The van der Waals surface area contributed by atoms with E-state index in [-0.39, 0.29) is 41.7 Å². The Labute approximate surface area is 246 Å². The van der Waals surface area contributed by atoms with E-state index in [0.29, 0.717) is 10.6 Å². The predicted molar refractivity (Wildman–Crippen MR) is 128 cm³/mol. The normalized spacial score (nSPS) is 24.4. The molecule has 2 aromatic rings.